The van der Waals surface area contributed by atoms with Crippen molar-refractivity contribution in [2.45, 2.75) is 51.2 Å². The van der Waals surface area contributed by atoms with Gasteiger partial charge in [-0.15, -0.1) is 0 Å². The number of nitrogens with two attached hydrogens (primary N) is 1. The van der Waals surface area contributed by atoms with Crippen molar-refractivity contribution in [1.29, 1.82) is 0 Å². The Balaban J connectivity index is 4.19. The third kappa shape index (κ3) is 2.88. The number of hydrogen-bond donors (Lipinski definition) is 2. The van der Waals surface area contributed by atoms with E-state index in [-0.39, 0.29) is 0 Å². The minimum atomic E-state index is -2.01. The molecule has 3 N–H and O–H groups in total. The van der Waals surface area contributed by atoms with E-state index in [1.54, 1.807) is 0 Å². The summed E-state index contributed by atoms with van der Waals surface area (Å²) in [6.07, 6.45) is 0.971. The zero-order valence-electron chi connectivity index (χ0n) is 8.80. The van der Waals surface area contributed by atoms with E-state index >= 15 is 0 Å². The topological polar surface area (TPSA) is 46.2 Å². The first-order chi connectivity index (χ1) is 5.45. The minimum absolute atomic E-state index is 0.448. The summed E-state index contributed by atoms with van der Waals surface area (Å²) in [5.41, 5.74) is 6.34. The first kappa shape index (κ1) is 12.1. The SMILES string of the molecule is CC(C)[Si](O)(CCCN)C(C)C. The van der Waals surface area contributed by atoms with Crippen LogP contribution in [0, 0.1) is 0 Å². The van der Waals surface area contributed by atoms with Crippen molar-refractivity contribution in [2.75, 3.05) is 6.54 Å². The van der Waals surface area contributed by atoms with E-state index in [9.17, 15) is 4.80 Å². The third-order valence-electron chi connectivity index (χ3n) is 2.78. The fourth-order valence-electron chi connectivity index (χ4n) is 1.63. The van der Waals surface area contributed by atoms with Gasteiger partial charge in [-0.1, -0.05) is 27.7 Å². The largest absolute Gasteiger partial charge is 0.431 e. The molecule has 2 nitrogen and oxygen atoms in total. The van der Waals surface area contributed by atoms with Gasteiger partial charge in [-0.3, -0.25) is 0 Å². The molecule has 0 saturated heterocycles. The Hall–Kier alpha value is 0.137. The fraction of sp³-hybridized carbons (Fsp3) is 1.00. The van der Waals surface area contributed by atoms with Crippen LogP contribution in [0.25, 0.3) is 0 Å². The van der Waals surface area contributed by atoms with Crippen LogP contribution < -0.4 is 5.73 Å². The van der Waals surface area contributed by atoms with Gasteiger partial charge in [-0.05, 0) is 30.1 Å². The summed E-state index contributed by atoms with van der Waals surface area (Å²) >= 11 is 0. The highest BCUT2D eigenvalue weighted by atomic mass is 28.4. The van der Waals surface area contributed by atoms with Crippen molar-refractivity contribution in [1.82, 2.24) is 0 Å². The summed E-state index contributed by atoms with van der Waals surface area (Å²) in [7, 11) is -2.01. The van der Waals surface area contributed by atoms with Crippen LogP contribution in [-0.2, 0) is 0 Å². The van der Waals surface area contributed by atoms with E-state index in [1.165, 1.54) is 0 Å². The second-order valence-corrected chi connectivity index (χ2v) is 8.98. The molecule has 0 unspecified atom stereocenters. The van der Waals surface area contributed by atoms with Crippen molar-refractivity contribution in [3.8, 4) is 0 Å². The van der Waals surface area contributed by atoms with Crippen LogP contribution in [0.3, 0.4) is 0 Å². The normalized spacial score (nSPS) is 13.0. The lowest BCUT2D eigenvalue weighted by Crippen LogP contribution is -2.41. The highest BCUT2D eigenvalue weighted by Crippen LogP contribution is 2.33. The number of hydrogen-bond acceptors (Lipinski definition) is 2. The molecular weight excluding hydrogens is 166 g/mol. The van der Waals surface area contributed by atoms with E-state index in [4.69, 9.17) is 5.73 Å². The molecular formula is C9H23NOSi. The van der Waals surface area contributed by atoms with Gasteiger partial charge in [-0.2, -0.15) is 0 Å². The van der Waals surface area contributed by atoms with Crippen LogP contribution in [0.15, 0.2) is 0 Å². The van der Waals surface area contributed by atoms with Crippen LogP contribution in [0.5, 0.6) is 0 Å². The second kappa shape index (κ2) is 4.99. The van der Waals surface area contributed by atoms with Gasteiger partial charge in [-0.25, -0.2) is 0 Å². The fourth-order valence-corrected chi connectivity index (χ4v) is 4.89. The highest BCUT2D eigenvalue weighted by Gasteiger charge is 2.37. The summed E-state index contributed by atoms with van der Waals surface area (Å²) in [6, 6.07) is 0.957. The van der Waals surface area contributed by atoms with Crippen molar-refractivity contribution >= 4 is 8.32 Å². The van der Waals surface area contributed by atoms with Gasteiger partial charge in [0.2, 0.25) is 0 Å². The van der Waals surface area contributed by atoms with Crippen molar-refractivity contribution in [2.24, 2.45) is 5.73 Å². The van der Waals surface area contributed by atoms with Crippen molar-refractivity contribution < 1.29 is 4.80 Å². The van der Waals surface area contributed by atoms with Crippen LogP contribution in [-0.4, -0.2) is 19.7 Å². The summed E-state index contributed by atoms with van der Waals surface area (Å²) in [4.78, 5) is 10.4. The Bertz CT molecular complexity index is 118. The van der Waals surface area contributed by atoms with E-state index in [1.807, 2.05) is 0 Å². The molecule has 0 aliphatic carbocycles. The van der Waals surface area contributed by atoms with E-state index < -0.39 is 8.32 Å². The molecule has 0 saturated carbocycles. The maximum atomic E-state index is 10.4. The molecule has 0 heterocycles. The third-order valence-corrected chi connectivity index (χ3v) is 7.93. The highest BCUT2D eigenvalue weighted by molar-refractivity contribution is 6.75. The lowest BCUT2D eigenvalue weighted by atomic mass is 10.5. The summed E-state index contributed by atoms with van der Waals surface area (Å²) < 4.78 is 0. The van der Waals surface area contributed by atoms with Crippen LogP contribution in [0.2, 0.25) is 17.1 Å². The van der Waals surface area contributed by atoms with Gasteiger partial charge in [0, 0.05) is 0 Å². The molecule has 3 heteroatoms. The molecule has 74 valence electrons. The molecule has 0 bridgehead atoms. The molecule has 0 aromatic carbocycles. The predicted molar refractivity (Wildman–Crippen MR) is 56.6 cm³/mol. The molecule has 0 aliphatic rings. The Morgan fingerprint density at radius 2 is 1.58 bits per heavy atom. The Morgan fingerprint density at radius 3 is 1.83 bits per heavy atom. The smallest absolute Gasteiger partial charge is 0.193 e. The van der Waals surface area contributed by atoms with E-state index in [2.05, 4.69) is 27.7 Å². The summed E-state index contributed by atoms with van der Waals surface area (Å²) in [5.74, 6) is 0. The summed E-state index contributed by atoms with van der Waals surface area (Å²) in [5, 5.41) is 0. The standard InChI is InChI=1S/C9H23NOSi/c1-8(2)12(11,9(3)4)7-5-6-10/h8-9,11H,5-7,10H2,1-4H3. The average molecular weight is 189 g/mol. The number of rotatable bonds is 5. The van der Waals surface area contributed by atoms with Gasteiger partial charge < -0.3 is 10.5 Å². The molecule has 0 aromatic rings. The summed E-state index contributed by atoms with van der Waals surface area (Å²) in [6.45, 7) is 9.21. The molecule has 0 fully saturated rings. The molecule has 0 aliphatic heterocycles. The molecule has 12 heavy (non-hydrogen) atoms. The first-order valence-corrected chi connectivity index (χ1v) is 7.18. The lowest BCUT2D eigenvalue weighted by molar-refractivity contribution is 0.486. The van der Waals surface area contributed by atoms with Gasteiger partial charge in [0.05, 0.1) is 0 Å². The van der Waals surface area contributed by atoms with Crippen molar-refractivity contribution in [3.05, 3.63) is 0 Å². The maximum absolute atomic E-state index is 10.4. The Morgan fingerprint density at radius 1 is 1.17 bits per heavy atom. The van der Waals surface area contributed by atoms with Gasteiger partial charge in [0.15, 0.2) is 8.32 Å². The minimum Gasteiger partial charge on any atom is -0.431 e. The van der Waals surface area contributed by atoms with Crippen LogP contribution in [0.1, 0.15) is 34.1 Å². The lowest BCUT2D eigenvalue weighted by Gasteiger charge is -2.33. The zero-order valence-corrected chi connectivity index (χ0v) is 9.80. The van der Waals surface area contributed by atoms with E-state index in [0.717, 1.165) is 12.5 Å². The Labute approximate surface area is 77.3 Å². The molecule has 0 amide bonds. The van der Waals surface area contributed by atoms with Crippen LogP contribution >= 0.6 is 0 Å². The van der Waals surface area contributed by atoms with E-state index in [0.29, 0.717) is 17.6 Å². The van der Waals surface area contributed by atoms with Crippen molar-refractivity contribution in [3.63, 3.8) is 0 Å². The average Bonchev–Trinajstić information content (AvgIpc) is 1.99. The Kier molecular flexibility index (Phi) is 5.05. The van der Waals surface area contributed by atoms with Crippen LogP contribution in [0.4, 0.5) is 0 Å². The second-order valence-electron chi connectivity index (χ2n) is 4.19. The molecule has 0 aromatic heterocycles. The van der Waals surface area contributed by atoms with Gasteiger partial charge in [0.25, 0.3) is 0 Å². The zero-order chi connectivity index (χ0) is 9.78. The monoisotopic (exact) mass is 189 g/mol. The van der Waals surface area contributed by atoms with Gasteiger partial charge >= 0.3 is 0 Å². The van der Waals surface area contributed by atoms with Gasteiger partial charge in [0.1, 0.15) is 0 Å². The first-order valence-electron chi connectivity index (χ1n) is 4.87. The quantitative estimate of drug-likeness (QED) is 0.651. The molecule has 0 rings (SSSR count). The maximum Gasteiger partial charge on any atom is 0.193 e. The predicted octanol–water partition coefficient (Wildman–Crippen LogP) is 2.09. The molecule has 0 spiro atoms. The molecule has 0 atom stereocenters. The molecule has 0 radical (unpaired) electrons.